The van der Waals surface area contributed by atoms with Crippen LogP contribution in [0.2, 0.25) is 0 Å². The van der Waals surface area contributed by atoms with Gasteiger partial charge in [-0.2, -0.15) is 0 Å². The quantitative estimate of drug-likeness (QED) is 0.792. The lowest BCUT2D eigenvalue weighted by Crippen LogP contribution is -2.27. The van der Waals surface area contributed by atoms with Crippen LogP contribution in [0.25, 0.3) is 0 Å². The van der Waals surface area contributed by atoms with Gasteiger partial charge in [0.15, 0.2) is 0 Å². The van der Waals surface area contributed by atoms with Crippen molar-refractivity contribution in [3.63, 3.8) is 0 Å². The highest BCUT2D eigenvalue weighted by Gasteiger charge is 2.20. The molecule has 1 aromatic heterocycles. The Balaban J connectivity index is 2.36. The van der Waals surface area contributed by atoms with Gasteiger partial charge in [-0.05, 0) is 40.2 Å². The summed E-state index contributed by atoms with van der Waals surface area (Å²) in [6, 6.07) is 10.4. The lowest BCUT2D eigenvalue weighted by molar-refractivity contribution is 0.0601. The van der Waals surface area contributed by atoms with Crippen LogP contribution in [0.5, 0.6) is 0 Å². The van der Waals surface area contributed by atoms with E-state index in [4.69, 9.17) is 4.74 Å². The first-order valence-electron chi connectivity index (χ1n) is 5.75. The van der Waals surface area contributed by atoms with Crippen molar-refractivity contribution in [1.82, 2.24) is 0 Å². The number of carbonyl (C=O) groups is 2. The van der Waals surface area contributed by atoms with Crippen LogP contribution in [0, 0.1) is 0 Å². The number of hydrogen-bond donors (Lipinski definition) is 0. The van der Waals surface area contributed by atoms with Crippen LogP contribution in [0.3, 0.4) is 0 Å². The Morgan fingerprint density at radius 1 is 1.20 bits per heavy atom. The van der Waals surface area contributed by atoms with E-state index in [2.05, 4.69) is 15.9 Å². The summed E-state index contributed by atoms with van der Waals surface area (Å²) in [5, 5.41) is 0. The highest BCUT2D eigenvalue weighted by molar-refractivity contribution is 9.11. The molecular formula is C14H12BrNO3S. The van der Waals surface area contributed by atoms with Crippen molar-refractivity contribution in [3.05, 3.63) is 50.6 Å². The molecule has 1 amide bonds. The second kappa shape index (κ2) is 6.19. The van der Waals surface area contributed by atoms with E-state index in [9.17, 15) is 9.59 Å². The van der Waals surface area contributed by atoms with Crippen LogP contribution in [0.4, 0.5) is 5.69 Å². The van der Waals surface area contributed by atoms with Crippen molar-refractivity contribution in [2.45, 2.75) is 0 Å². The van der Waals surface area contributed by atoms with Gasteiger partial charge in [-0.15, -0.1) is 11.3 Å². The molecule has 2 rings (SSSR count). The van der Waals surface area contributed by atoms with E-state index in [1.54, 1.807) is 37.4 Å². The Morgan fingerprint density at radius 3 is 2.50 bits per heavy atom. The number of halogens is 1. The Morgan fingerprint density at radius 2 is 1.90 bits per heavy atom. The van der Waals surface area contributed by atoms with E-state index in [0.29, 0.717) is 16.1 Å². The number of carbonyl (C=O) groups excluding carboxylic acids is 2. The largest absolute Gasteiger partial charge is 0.465 e. The number of methoxy groups -OCH3 is 1. The molecule has 0 N–H and O–H groups in total. The highest BCUT2D eigenvalue weighted by atomic mass is 79.9. The predicted octanol–water partition coefficient (Wildman–Crippen LogP) is 3.57. The minimum Gasteiger partial charge on any atom is -0.465 e. The minimum atomic E-state index is -0.465. The predicted molar refractivity (Wildman–Crippen MR) is 82.5 cm³/mol. The average molecular weight is 354 g/mol. The van der Waals surface area contributed by atoms with Crippen molar-refractivity contribution in [2.75, 3.05) is 19.1 Å². The molecule has 0 atom stereocenters. The fourth-order valence-corrected chi connectivity index (χ4v) is 3.11. The van der Waals surface area contributed by atoms with Crippen molar-refractivity contribution in [3.8, 4) is 0 Å². The fraction of sp³-hybridized carbons (Fsp3) is 0.143. The van der Waals surface area contributed by atoms with Gasteiger partial charge in [-0.1, -0.05) is 12.1 Å². The van der Waals surface area contributed by atoms with Gasteiger partial charge in [0.05, 0.1) is 27.0 Å². The van der Waals surface area contributed by atoms with Crippen LogP contribution in [0.1, 0.15) is 20.0 Å². The maximum Gasteiger partial charge on any atom is 0.339 e. The van der Waals surface area contributed by atoms with Gasteiger partial charge in [-0.3, -0.25) is 4.79 Å². The molecule has 0 spiro atoms. The summed E-state index contributed by atoms with van der Waals surface area (Å²) in [5.74, 6) is -0.635. The third kappa shape index (κ3) is 2.91. The monoisotopic (exact) mass is 353 g/mol. The summed E-state index contributed by atoms with van der Waals surface area (Å²) in [6.07, 6.45) is 0. The Bertz CT molecular complexity index is 653. The van der Waals surface area contributed by atoms with Crippen molar-refractivity contribution in [2.24, 2.45) is 0 Å². The van der Waals surface area contributed by atoms with E-state index < -0.39 is 5.97 Å². The number of hydrogen-bond acceptors (Lipinski definition) is 4. The zero-order valence-electron chi connectivity index (χ0n) is 10.9. The normalized spacial score (nSPS) is 10.2. The Labute approximate surface area is 129 Å². The number of rotatable bonds is 3. The lowest BCUT2D eigenvalue weighted by Gasteiger charge is -2.19. The second-order valence-electron chi connectivity index (χ2n) is 3.98. The number of benzene rings is 1. The van der Waals surface area contributed by atoms with Crippen molar-refractivity contribution >= 4 is 44.8 Å². The summed E-state index contributed by atoms with van der Waals surface area (Å²) < 4.78 is 5.62. The number of esters is 1. The summed E-state index contributed by atoms with van der Waals surface area (Å²) in [4.78, 5) is 26.2. The standard InChI is InChI=1S/C14H12BrNO3S/c1-16(13(17)11-7-8-12(15)20-11)10-6-4-3-5-9(10)14(18)19-2/h3-8H,1-2H3. The van der Waals surface area contributed by atoms with Gasteiger partial charge < -0.3 is 9.64 Å². The summed E-state index contributed by atoms with van der Waals surface area (Å²) >= 11 is 4.68. The zero-order chi connectivity index (χ0) is 14.7. The second-order valence-corrected chi connectivity index (χ2v) is 6.44. The molecule has 1 heterocycles. The highest BCUT2D eigenvalue weighted by Crippen LogP contribution is 2.26. The maximum absolute atomic E-state index is 12.4. The first-order valence-corrected chi connectivity index (χ1v) is 7.36. The van der Waals surface area contributed by atoms with Gasteiger partial charge in [0.1, 0.15) is 0 Å². The van der Waals surface area contributed by atoms with Crippen LogP contribution >= 0.6 is 27.3 Å². The van der Waals surface area contributed by atoms with Gasteiger partial charge in [0.25, 0.3) is 5.91 Å². The molecule has 2 aromatic rings. The molecule has 20 heavy (non-hydrogen) atoms. The number of nitrogens with zero attached hydrogens (tertiary/aromatic N) is 1. The molecule has 0 fully saturated rings. The van der Waals surface area contributed by atoms with Gasteiger partial charge >= 0.3 is 5.97 Å². The number of anilines is 1. The summed E-state index contributed by atoms with van der Waals surface area (Å²) in [7, 11) is 2.95. The number of ether oxygens (including phenoxy) is 1. The van der Waals surface area contributed by atoms with E-state index >= 15 is 0 Å². The molecule has 0 radical (unpaired) electrons. The van der Waals surface area contributed by atoms with E-state index in [1.807, 2.05) is 6.07 Å². The molecule has 0 aliphatic heterocycles. The molecule has 0 saturated carbocycles. The van der Waals surface area contributed by atoms with Gasteiger partial charge in [0.2, 0.25) is 0 Å². The SMILES string of the molecule is COC(=O)c1ccccc1N(C)C(=O)c1ccc(Br)s1. The number of para-hydroxylation sites is 1. The molecule has 6 heteroatoms. The third-order valence-corrected chi connectivity index (χ3v) is 4.37. The lowest BCUT2D eigenvalue weighted by atomic mass is 10.1. The molecule has 0 aliphatic carbocycles. The van der Waals surface area contributed by atoms with Crippen LogP contribution in [0.15, 0.2) is 40.2 Å². The smallest absolute Gasteiger partial charge is 0.339 e. The molecule has 1 aromatic carbocycles. The fourth-order valence-electron chi connectivity index (χ4n) is 1.75. The Hall–Kier alpha value is -1.66. The molecular weight excluding hydrogens is 342 g/mol. The molecule has 0 bridgehead atoms. The maximum atomic E-state index is 12.4. The Kier molecular flexibility index (Phi) is 4.57. The van der Waals surface area contributed by atoms with Crippen LogP contribution in [-0.4, -0.2) is 26.0 Å². The third-order valence-electron chi connectivity index (χ3n) is 2.76. The van der Waals surface area contributed by atoms with Gasteiger partial charge in [0, 0.05) is 7.05 Å². The first-order chi connectivity index (χ1) is 9.54. The molecule has 104 valence electrons. The van der Waals surface area contributed by atoms with Crippen LogP contribution in [-0.2, 0) is 4.74 Å². The summed E-state index contributed by atoms with van der Waals surface area (Å²) in [5.41, 5.74) is 0.885. The molecule has 0 aliphatic rings. The number of thiophene rings is 1. The topological polar surface area (TPSA) is 46.6 Å². The van der Waals surface area contributed by atoms with Crippen LogP contribution < -0.4 is 4.90 Å². The zero-order valence-corrected chi connectivity index (χ0v) is 13.3. The average Bonchev–Trinajstić information content (AvgIpc) is 2.91. The minimum absolute atomic E-state index is 0.169. The van der Waals surface area contributed by atoms with Gasteiger partial charge in [-0.25, -0.2) is 4.79 Å². The van der Waals surface area contributed by atoms with Crippen molar-refractivity contribution < 1.29 is 14.3 Å². The first kappa shape index (κ1) is 14.7. The van der Waals surface area contributed by atoms with E-state index in [1.165, 1.54) is 23.3 Å². The molecule has 4 nitrogen and oxygen atoms in total. The van der Waals surface area contributed by atoms with Crippen molar-refractivity contribution in [1.29, 1.82) is 0 Å². The summed E-state index contributed by atoms with van der Waals surface area (Å²) in [6.45, 7) is 0. The molecule has 0 saturated heterocycles. The van der Waals surface area contributed by atoms with E-state index in [-0.39, 0.29) is 5.91 Å². The molecule has 0 unspecified atom stereocenters. The van der Waals surface area contributed by atoms with E-state index in [0.717, 1.165) is 3.79 Å². The number of amides is 1.